The van der Waals surface area contributed by atoms with Gasteiger partial charge in [-0.05, 0) is 24.5 Å². The Kier molecular flexibility index (Phi) is 9.56. The highest BCUT2D eigenvalue weighted by atomic mass is 35.5. The van der Waals surface area contributed by atoms with Crippen LogP contribution in [0.4, 0.5) is 0 Å². The molecule has 6 heteroatoms. The van der Waals surface area contributed by atoms with Crippen LogP contribution in [0.15, 0.2) is 24.3 Å². The minimum absolute atomic E-state index is 0. The van der Waals surface area contributed by atoms with Crippen LogP contribution in [-0.4, -0.2) is 43.7 Å². The average Bonchev–Trinajstić information content (AvgIpc) is 3.04. The highest BCUT2D eigenvalue weighted by Crippen LogP contribution is 2.26. The SMILES string of the molecule is COCCNCC(=O)N(Cc1ccccc1Cl)C1CCCC1.Cl. The number of hydrogen-bond acceptors (Lipinski definition) is 3. The van der Waals surface area contributed by atoms with Crippen molar-refractivity contribution in [3.63, 3.8) is 0 Å². The third kappa shape index (κ3) is 6.30. The lowest BCUT2D eigenvalue weighted by Crippen LogP contribution is -2.43. The minimum Gasteiger partial charge on any atom is -0.383 e. The topological polar surface area (TPSA) is 41.6 Å². The highest BCUT2D eigenvalue weighted by molar-refractivity contribution is 6.31. The fourth-order valence-electron chi connectivity index (χ4n) is 2.92. The number of benzene rings is 1. The maximum Gasteiger partial charge on any atom is 0.237 e. The molecule has 0 unspecified atom stereocenters. The summed E-state index contributed by atoms with van der Waals surface area (Å²) in [5.41, 5.74) is 1.02. The van der Waals surface area contributed by atoms with Crippen molar-refractivity contribution >= 4 is 29.9 Å². The normalized spacial score (nSPS) is 14.5. The zero-order valence-corrected chi connectivity index (χ0v) is 15.2. The molecule has 0 spiro atoms. The average molecular weight is 361 g/mol. The van der Waals surface area contributed by atoms with Gasteiger partial charge in [-0.1, -0.05) is 42.6 Å². The molecule has 0 atom stereocenters. The molecule has 1 fully saturated rings. The molecular weight excluding hydrogens is 335 g/mol. The number of rotatable bonds is 8. The van der Waals surface area contributed by atoms with Crippen LogP contribution in [0.2, 0.25) is 5.02 Å². The van der Waals surface area contributed by atoms with Crippen molar-refractivity contribution in [2.24, 2.45) is 0 Å². The summed E-state index contributed by atoms with van der Waals surface area (Å²) in [7, 11) is 1.66. The lowest BCUT2D eigenvalue weighted by molar-refractivity contribution is -0.133. The van der Waals surface area contributed by atoms with Gasteiger partial charge in [0.1, 0.15) is 0 Å². The van der Waals surface area contributed by atoms with Gasteiger partial charge in [-0.2, -0.15) is 0 Å². The minimum atomic E-state index is 0. The van der Waals surface area contributed by atoms with E-state index in [1.807, 2.05) is 29.2 Å². The number of carbonyl (C=O) groups is 1. The third-order valence-electron chi connectivity index (χ3n) is 4.14. The van der Waals surface area contributed by atoms with E-state index in [1.54, 1.807) is 7.11 Å². The van der Waals surface area contributed by atoms with Gasteiger partial charge in [0.25, 0.3) is 0 Å². The van der Waals surface area contributed by atoms with Crippen molar-refractivity contribution in [3.05, 3.63) is 34.9 Å². The molecule has 0 saturated heterocycles. The maximum absolute atomic E-state index is 12.6. The molecule has 0 radical (unpaired) electrons. The van der Waals surface area contributed by atoms with Gasteiger partial charge in [0.05, 0.1) is 13.2 Å². The molecule has 1 aromatic carbocycles. The van der Waals surface area contributed by atoms with Crippen LogP contribution in [0.1, 0.15) is 31.2 Å². The Labute approximate surface area is 149 Å². The lowest BCUT2D eigenvalue weighted by Gasteiger charge is -2.29. The van der Waals surface area contributed by atoms with Gasteiger partial charge in [0, 0.05) is 31.3 Å². The molecule has 0 heterocycles. The molecule has 1 aliphatic rings. The smallest absolute Gasteiger partial charge is 0.237 e. The third-order valence-corrected chi connectivity index (χ3v) is 4.51. The number of nitrogens with one attached hydrogen (secondary N) is 1. The molecule has 2 rings (SSSR count). The molecule has 23 heavy (non-hydrogen) atoms. The van der Waals surface area contributed by atoms with Gasteiger partial charge in [0.2, 0.25) is 5.91 Å². The fourth-order valence-corrected chi connectivity index (χ4v) is 3.11. The molecular formula is C17H26Cl2N2O2. The summed E-state index contributed by atoms with van der Waals surface area (Å²) in [5.74, 6) is 0.142. The predicted octanol–water partition coefficient (Wildman–Crippen LogP) is 3.27. The first-order chi connectivity index (χ1) is 10.7. The second-order valence-electron chi connectivity index (χ2n) is 5.72. The molecule has 0 aromatic heterocycles. The number of halogens is 2. The molecule has 1 aliphatic carbocycles. The number of carbonyl (C=O) groups excluding carboxylic acids is 1. The summed E-state index contributed by atoms with van der Waals surface area (Å²) in [6.45, 7) is 2.24. The van der Waals surface area contributed by atoms with Crippen molar-refractivity contribution < 1.29 is 9.53 Å². The van der Waals surface area contributed by atoms with Gasteiger partial charge in [0.15, 0.2) is 0 Å². The first kappa shape index (κ1) is 20.2. The van der Waals surface area contributed by atoms with E-state index in [4.69, 9.17) is 16.3 Å². The zero-order valence-electron chi connectivity index (χ0n) is 13.6. The molecule has 1 amide bonds. The summed E-state index contributed by atoms with van der Waals surface area (Å²) in [4.78, 5) is 14.6. The Hall–Kier alpha value is -0.810. The Morgan fingerprint density at radius 1 is 1.35 bits per heavy atom. The summed E-state index contributed by atoms with van der Waals surface area (Å²) >= 11 is 6.26. The van der Waals surface area contributed by atoms with Crippen LogP contribution in [0.3, 0.4) is 0 Å². The first-order valence-corrected chi connectivity index (χ1v) is 8.32. The molecule has 0 aliphatic heterocycles. The zero-order chi connectivity index (χ0) is 15.8. The van der Waals surface area contributed by atoms with Crippen molar-refractivity contribution in [3.8, 4) is 0 Å². The van der Waals surface area contributed by atoms with Crippen LogP contribution < -0.4 is 5.32 Å². The van der Waals surface area contributed by atoms with Crippen molar-refractivity contribution in [1.29, 1.82) is 0 Å². The van der Waals surface area contributed by atoms with Gasteiger partial charge in [-0.25, -0.2) is 0 Å². The summed E-state index contributed by atoms with van der Waals surface area (Å²) in [5, 5.41) is 3.87. The number of methoxy groups -OCH3 is 1. The standard InChI is InChI=1S/C17H25ClN2O2.ClH/c1-22-11-10-19-12-17(21)20(15-7-3-4-8-15)13-14-6-2-5-9-16(14)18;/h2,5-6,9,15,19H,3-4,7-8,10-13H2,1H3;1H. The van der Waals surface area contributed by atoms with E-state index in [9.17, 15) is 4.79 Å². The molecule has 0 bridgehead atoms. The van der Waals surface area contributed by atoms with Crippen LogP contribution in [-0.2, 0) is 16.1 Å². The number of nitrogens with zero attached hydrogens (tertiary/aromatic N) is 1. The van der Waals surface area contributed by atoms with Gasteiger partial charge < -0.3 is 15.0 Å². The van der Waals surface area contributed by atoms with Crippen LogP contribution in [0.5, 0.6) is 0 Å². The van der Waals surface area contributed by atoms with Crippen molar-refractivity contribution in [2.75, 3.05) is 26.8 Å². The molecule has 1 saturated carbocycles. The van der Waals surface area contributed by atoms with Crippen molar-refractivity contribution in [2.45, 2.75) is 38.3 Å². The highest BCUT2D eigenvalue weighted by Gasteiger charge is 2.26. The fraction of sp³-hybridized carbons (Fsp3) is 0.588. The first-order valence-electron chi connectivity index (χ1n) is 7.95. The van der Waals surface area contributed by atoms with Crippen LogP contribution >= 0.6 is 24.0 Å². The van der Waals surface area contributed by atoms with E-state index in [1.165, 1.54) is 12.8 Å². The number of amides is 1. The Balaban J connectivity index is 0.00000264. The number of ether oxygens (including phenoxy) is 1. The Bertz CT molecular complexity index is 479. The van der Waals surface area contributed by atoms with Gasteiger partial charge in [-0.3, -0.25) is 4.79 Å². The quantitative estimate of drug-likeness (QED) is 0.723. The van der Waals surface area contributed by atoms with E-state index in [2.05, 4.69) is 5.32 Å². The Morgan fingerprint density at radius 3 is 2.70 bits per heavy atom. The summed E-state index contributed by atoms with van der Waals surface area (Å²) < 4.78 is 4.99. The van der Waals surface area contributed by atoms with Crippen molar-refractivity contribution in [1.82, 2.24) is 10.2 Å². The maximum atomic E-state index is 12.6. The van der Waals surface area contributed by atoms with E-state index in [-0.39, 0.29) is 18.3 Å². The van der Waals surface area contributed by atoms with E-state index < -0.39 is 0 Å². The van der Waals surface area contributed by atoms with Crippen LogP contribution in [0, 0.1) is 0 Å². The lowest BCUT2D eigenvalue weighted by atomic mass is 10.1. The van der Waals surface area contributed by atoms with Crippen LogP contribution in [0.25, 0.3) is 0 Å². The predicted molar refractivity (Wildman–Crippen MR) is 96.3 cm³/mol. The molecule has 4 nitrogen and oxygen atoms in total. The molecule has 1 N–H and O–H groups in total. The van der Waals surface area contributed by atoms with E-state index >= 15 is 0 Å². The summed E-state index contributed by atoms with van der Waals surface area (Å²) in [6, 6.07) is 8.10. The second kappa shape index (κ2) is 10.9. The Morgan fingerprint density at radius 2 is 2.04 bits per heavy atom. The largest absolute Gasteiger partial charge is 0.383 e. The van der Waals surface area contributed by atoms with E-state index in [0.29, 0.717) is 32.3 Å². The summed E-state index contributed by atoms with van der Waals surface area (Å²) in [6.07, 6.45) is 4.59. The molecule has 1 aromatic rings. The number of hydrogen-bond donors (Lipinski definition) is 1. The van der Waals surface area contributed by atoms with Gasteiger partial charge >= 0.3 is 0 Å². The van der Waals surface area contributed by atoms with Gasteiger partial charge in [-0.15, -0.1) is 12.4 Å². The monoisotopic (exact) mass is 360 g/mol. The molecule has 130 valence electrons. The second-order valence-corrected chi connectivity index (χ2v) is 6.13. The van der Waals surface area contributed by atoms with E-state index in [0.717, 1.165) is 23.4 Å².